The molecule has 2 aromatic heterocycles. The van der Waals surface area contributed by atoms with Gasteiger partial charge in [-0.1, -0.05) is 44.2 Å². The molecule has 0 radical (unpaired) electrons. The van der Waals surface area contributed by atoms with E-state index in [1.54, 1.807) is 18.3 Å². The number of hydrogen-bond donors (Lipinski definition) is 2. The lowest BCUT2D eigenvalue weighted by Gasteiger charge is -2.15. The van der Waals surface area contributed by atoms with Gasteiger partial charge in [0.15, 0.2) is 6.61 Å². The predicted octanol–water partition coefficient (Wildman–Crippen LogP) is 2.98. The largest absolute Gasteiger partial charge is 0.480 e. The predicted molar refractivity (Wildman–Crippen MR) is 112 cm³/mol. The molecule has 0 spiro atoms. The zero-order valence-electron chi connectivity index (χ0n) is 16.9. The maximum atomic E-state index is 12.8. The Kier molecular flexibility index (Phi) is 6.20. The summed E-state index contributed by atoms with van der Waals surface area (Å²) in [7, 11) is 0. The van der Waals surface area contributed by atoms with E-state index in [1.807, 2.05) is 41.7 Å². The van der Waals surface area contributed by atoms with Crippen LogP contribution in [0.15, 0.2) is 48.7 Å². The Morgan fingerprint density at radius 1 is 1.13 bits per heavy atom. The number of nitrogens with two attached hydrogens (primary N) is 1. The van der Waals surface area contributed by atoms with Crippen molar-refractivity contribution >= 4 is 23.2 Å². The van der Waals surface area contributed by atoms with Gasteiger partial charge >= 0.3 is 5.97 Å². The average molecular weight is 408 g/mol. The topological polar surface area (TPSA) is 111 Å². The molecule has 0 saturated carbocycles. The summed E-state index contributed by atoms with van der Waals surface area (Å²) in [6, 6.07) is 13.3. The van der Waals surface area contributed by atoms with Crippen molar-refractivity contribution < 1.29 is 24.2 Å². The molecule has 1 atom stereocenters. The number of hydrogen-bond acceptors (Lipinski definition) is 4. The number of benzene rings is 1. The van der Waals surface area contributed by atoms with Crippen molar-refractivity contribution in [2.75, 3.05) is 6.61 Å². The first-order chi connectivity index (χ1) is 14.3. The van der Waals surface area contributed by atoms with E-state index >= 15 is 0 Å². The molecule has 1 amide bonds. The lowest BCUT2D eigenvalue weighted by atomic mass is 9.92. The number of carbonyl (C=O) groups is 3. The number of aliphatic carboxylic acids is 1. The minimum atomic E-state index is -1.14. The van der Waals surface area contributed by atoms with Crippen molar-refractivity contribution in [2.24, 2.45) is 5.73 Å². The van der Waals surface area contributed by atoms with Crippen LogP contribution in [0.5, 0.6) is 5.75 Å². The monoisotopic (exact) mass is 408 g/mol. The van der Waals surface area contributed by atoms with Crippen LogP contribution in [0.2, 0.25) is 0 Å². The minimum absolute atomic E-state index is 0.0130. The number of amides is 1. The van der Waals surface area contributed by atoms with Crippen LogP contribution in [-0.4, -0.2) is 33.8 Å². The van der Waals surface area contributed by atoms with E-state index in [4.69, 9.17) is 15.6 Å². The molecule has 1 unspecified atom stereocenters. The van der Waals surface area contributed by atoms with Crippen LogP contribution < -0.4 is 10.5 Å². The number of rotatable bonds is 9. The van der Waals surface area contributed by atoms with E-state index in [0.29, 0.717) is 17.5 Å². The van der Waals surface area contributed by atoms with Gasteiger partial charge in [-0.25, -0.2) is 4.79 Å². The Bertz CT molecular complexity index is 1100. The van der Waals surface area contributed by atoms with E-state index in [0.717, 1.165) is 17.7 Å². The second-order valence-corrected chi connectivity index (χ2v) is 7.15. The Hall–Kier alpha value is -3.61. The molecule has 7 heteroatoms. The number of carboxylic acids is 1. The third-order valence-corrected chi connectivity index (χ3v) is 5.07. The van der Waals surface area contributed by atoms with Crippen LogP contribution in [0.3, 0.4) is 0 Å². The molecule has 2 heterocycles. The SMILES string of the molecule is CCc1c(C(=O)C(N)=O)c2c(OCC(=O)O)cccn2c1C(C)Cc1ccccc1. The molecule has 0 aliphatic rings. The number of ketones is 1. The zero-order valence-corrected chi connectivity index (χ0v) is 16.9. The molecule has 7 nitrogen and oxygen atoms in total. The van der Waals surface area contributed by atoms with Gasteiger partial charge in [0.2, 0.25) is 0 Å². The molecule has 0 fully saturated rings. The van der Waals surface area contributed by atoms with Crippen LogP contribution in [0.1, 0.15) is 46.9 Å². The zero-order chi connectivity index (χ0) is 21.8. The highest BCUT2D eigenvalue weighted by atomic mass is 16.5. The van der Waals surface area contributed by atoms with Crippen LogP contribution >= 0.6 is 0 Å². The van der Waals surface area contributed by atoms with Gasteiger partial charge < -0.3 is 20.0 Å². The fraction of sp³-hybridized carbons (Fsp3) is 0.261. The summed E-state index contributed by atoms with van der Waals surface area (Å²) in [6.07, 6.45) is 3.02. The summed E-state index contributed by atoms with van der Waals surface area (Å²) in [5.74, 6) is -2.78. The third kappa shape index (κ3) is 4.05. The Balaban J connectivity index is 2.23. The number of primary amides is 1. The summed E-state index contributed by atoms with van der Waals surface area (Å²) >= 11 is 0. The van der Waals surface area contributed by atoms with E-state index in [2.05, 4.69) is 6.92 Å². The highest BCUT2D eigenvalue weighted by molar-refractivity contribution is 6.44. The molecule has 156 valence electrons. The number of Topliss-reactive ketones (excluding diaryl/α,β-unsaturated/α-hetero) is 1. The molecular weight excluding hydrogens is 384 g/mol. The number of fused-ring (bicyclic) bond motifs is 1. The lowest BCUT2D eigenvalue weighted by molar-refractivity contribution is -0.139. The molecule has 0 aliphatic heterocycles. The normalized spacial score (nSPS) is 11.9. The van der Waals surface area contributed by atoms with Gasteiger partial charge in [-0.3, -0.25) is 9.59 Å². The smallest absolute Gasteiger partial charge is 0.341 e. The van der Waals surface area contributed by atoms with Crippen molar-refractivity contribution in [3.8, 4) is 5.75 Å². The first kappa shape index (κ1) is 21.1. The highest BCUT2D eigenvalue weighted by Crippen LogP contribution is 2.36. The number of ether oxygens (including phenoxy) is 1. The van der Waals surface area contributed by atoms with Gasteiger partial charge in [-0.15, -0.1) is 0 Å². The highest BCUT2D eigenvalue weighted by Gasteiger charge is 2.29. The molecule has 3 rings (SSSR count). The molecule has 0 saturated heterocycles. The van der Waals surface area contributed by atoms with Gasteiger partial charge in [-0.05, 0) is 36.1 Å². The number of pyridine rings is 1. The molecule has 1 aromatic carbocycles. The second kappa shape index (κ2) is 8.82. The molecule has 30 heavy (non-hydrogen) atoms. The maximum absolute atomic E-state index is 12.8. The number of aromatic nitrogens is 1. The Morgan fingerprint density at radius 3 is 2.43 bits per heavy atom. The van der Waals surface area contributed by atoms with Gasteiger partial charge in [0.1, 0.15) is 5.75 Å². The van der Waals surface area contributed by atoms with Gasteiger partial charge in [0.25, 0.3) is 11.7 Å². The van der Waals surface area contributed by atoms with Crippen molar-refractivity contribution in [1.82, 2.24) is 4.40 Å². The van der Waals surface area contributed by atoms with E-state index in [1.165, 1.54) is 0 Å². The summed E-state index contributed by atoms with van der Waals surface area (Å²) in [5, 5.41) is 9.00. The van der Waals surface area contributed by atoms with Crippen LogP contribution in [0.25, 0.3) is 5.52 Å². The number of carbonyl (C=O) groups excluding carboxylic acids is 2. The minimum Gasteiger partial charge on any atom is -0.480 e. The van der Waals surface area contributed by atoms with Gasteiger partial charge in [0.05, 0.1) is 11.1 Å². The lowest BCUT2D eigenvalue weighted by Crippen LogP contribution is -2.24. The quantitative estimate of drug-likeness (QED) is 0.418. The number of nitrogens with zero attached hydrogens (tertiary/aromatic N) is 1. The summed E-state index contributed by atoms with van der Waals surface area (Å²) in [4.78, 5) is 35.6. The van der Waals surface area contributed by atoms with Crippen LogP contribution in [0, 0.1) is 0 Å². The molecule has 3 N–H and O–H groups in total. The first-order valence-electron chi connectivity index (χ1n) is 9.73. The van der Waals surface area contributed by atoms with Gasteiger partial charge in [0, 0.05) is 17.8 Å². The van der Waals surface area contributed by atoms with Crippen molar-refractivity contribution in [2.45, 2.75) is 32.6 Å². The maximum Gasteiger partial charge on any atom is 0.341 e. The molecule has 0 bridgehead atoms. The molecular formula is C23H24N2O5. The standard InChI is InChI=1S/C23H24N2O5/c1-3-16-19(22(28)23(24)29)21-17(30-13-18(26)27)10-7-11-25(21)20(16)14(2)12-15-8-5-4-6-9-15/h4-11,14H,3,12-13H2,1-2H3,(H2,24,29)(H,26,27). The third-order valence-electron chi connectivity index (χ3n) is 5.07. The number of carboxylic acid groups (broad SMARTS) is 1. The van der Waals surface area contributed by atoms with Crippen molar-refractivity contribution in [3.63, 3.8) is 0 Å². The van der Waals surface area contributed by atoms with Crippen molar-refractivity contribution in [3.05, 3.63) is 71.0 Å². The summed E-state index contributed by atoms with van der Waals surface area (Å²) in [5.41, 5.74) is 8.62. The van der Waals surface area contributed by atoms with E-state index in [9.17, 15) is 14.4 Å². The fourth-order valence-corrected chi connectivity index (χ4v) is 3.93. The average Bonchev–Trinajstić information content (AvgIpc) is 3.07. The van der Waals surface area contributed by atoms with Gasteiger partial charge in [-0.2, -0.15) is 0 Å². The fourth-order valence-electron chi connectivity index (χ4n) is 3.93. The van der Waals surface area contributed by atoms with Crippen molar-refractivity contribution in [1.29, 1.82) is 0 Å². The van der Waals surface area contributed by atoms with E-state index in [-0.39, 0.29) is 17.2 Å². The van der Waals surface area contributed by atoms with E-state index < -0.39 is 24.3 Å². The summed E-state index contributed by atoms with van der Waals surface area (Å²) in [6.45, 7) is 3.39. The van der Waals surface area contributed by atoms with Crippen LogP contribution in [-0.2, 0) is 22.4 Å². The molecule has 0 aliphatic carbocycles. The Labute approximate surface area is 174 Å². The molecule has 3 aromatic rings. The van der Waals surface area contributed by atoms with Crippen LogP contribution in [0.4, 0.5) is 0 Å². The second-order valence-electron chi connectivity index (χ2n) is 7.15. The first-order valence-corrected chi connectivity index (χ1v) is 9.73. The Morgan fingerprint density at radius 2 is 1.83 bits per heavy atom. The summed E-state index contributed by atoms with van der Waals surface area (Å²) < 4.78 is 7.26.